The fourth-order valence-corrected chi connectivity index (χ4v) is 6.28. The molecule has 21 heteroatoms. The average molecular weight is 764 g/mol. The van der Waals surface area contributed by atoms with Gasteiger partial charge < -0.3 is 38.8 Å². The molecule has 0 aromatic heterocycles. The maximum absolute atomic E-state index is 12.9. The lowest BCUT2D eigenvalue weighted by Crippen LogP contribution is -2.65. The molecule has 1 aliphatic carbocycles. The van der Waals surface area contributed by atoms with Crippen molar-refractivity contribution in [3.05, 3.63) is 114 Å². The van der Waals surface area contributed by atoms with E-state index in [1.807, 2.05) is 60.7 Å². The molecule has 55 heavy (non-hydrogen) atoms. The minimum Gasteiger partial charge on any atom is -0.444 e. The topological polar surface area (TPSA) is 300 Å². The van der Waals surface area contributed by atoms with Crippen LogP contribution in [0, 0.1) is 0 Å². The number of benzene rings is 2. The number of alkyl carbamates (subject to hydrolysis) is 1. The molecular weight excluding hydrogens is 718 g/mol. The summed E-state index contributed by atoms with van der Waals surface area (Å²) in [4.78, 5) is 24.5. The zero-order chi connectivity index (χ0) is 39.6. The normalized spacial score (nSPS) is 27.6. The van der Waals surface area contributed by atoms with Gasteiger partial charge in [-0.2, -0.15) is 0 Å². The van der Waals surface area contributed by atoms with E-state index in [9.17, 15) is 26.5 Å². The third-order valence-corrected chi connectivity index (χ3v) is 8.61. The fourth-order valence-electron chi connectivity index (χ4n) is 6.28. The summed E-state index contributed by atoms with van der Waals surface area (Å²) in [5, 5.41) is 29.7. The Hall–Kier alpha value is -5.29. The highest BCUT2D eigenvalue weighted by molar-refractivity contribution is 5.68. The minimum absolute atomic E-state index is 0.0114. The zero-order valence-electron chi connectivity index (χ0n) is 30.7. The van der Waals surface area contributed by atoms with E-state index < -0.39 is 72.7 Å². The molecule has 0 bridgehead atoms. The molecule has 294 valence electrons. The van der Waals surface area contributed by atoms with Gasteiger partial charge in [0.25, 0.3) is 0 Å². The Balaban J connectivity index is 1.69. The first kappa shape index (κ1) is 42.5. The van der Waals surface area contributed by atoms with Crippen LogP contribution in [-0.4, -0.2) is 97.5 Å². The van der Waals surface area contributed by atoms with E-state index in [1.54, 1.807) is 20.8 Å². The molecule has 1 aliphatic heterocycles. The maximum atomic E-state index is 12.9. The van der Waals surface area contributed by atoms with Crippen LogP contribution in [0.2, 0.25) is 0 Å². The quantitative estimate of drug-likeness (QED) is 0.0712. The molecular formula is C34H45N13O8. The summed E-state index contributed by atoms with van der Waals surface area (Å²) in [6.07, 6.45) is -9.16. The molecule has 21 nitrogen and oxygen atoms in total. The van der Waals surface area contributed by atoms with E-state index in [-0.39, 0.29) is 45.8 Å². The average Bonchev–Trinajstić information content (AvgIpc) is 3.16. The SMILES string of the molecule is CC(C)(C)OC(=O)N[C@@H]1CC(N=[N+]=[N-])C(O[C@@H]2OC(CN=[N+]=[N-])[C@H](OCc3ccccc3)[C@H](OCc3ccccc3)C2N=[N+]=[N-])[C@H](O)C1OCCCN=[N+]=[N-]. The summed E-state index contributed by atoms with van der Waals surface area (Å²) in [7, 11) is 0. The van der Waals surface area contributed by atoms with Crippen LogP contribution < -0.4 is 5.32 Å². The summed E-state index contributed by atoms with van der Waals surface area (Å²) in [5.74, 6) is 0. The van der Waals surface area contributed by atoms with Crippen molar-refractivity contribution < 1.29 is 38.3 Å². The van der Waals surface area contributed by atoms with E-state index in [1.165, 1.54) is 0 Å². The molecule has 1 amide bonds. The number of amides is 1. The second kappa shape index (κ2) is 21.6. The first-order valence-electron chi connectivity index (χ1n) is 17.6. The Bertz CT molecular complexity index is 1710. The predicted molar refractivity (Wildman–Crippen MR) is 196 cm³/mol. The molecule has 5 unspecified atom stereocenters. The minimum atomic E-state index is -1.58. The van der Waals surface area contributed by atoms with Crippen molar-refractivity contribution in [2.45, 2.75) is 113 Å². The number of aliphatic hydroxyl groups is 1. The van der Waals surface area contributed by atoms with E-state index in [2.05, 4.69) is 45.4 Å². The monoisotopic (exact) mass is 763 g/mol. The molecule has 2 N–H and O–H groups in total. The summed E-state index contributed by atoms with van der Waals surface area (Å²) in [6, 6.07) is 15.2. The number of nitrogens with zero attached hydrogens (tertiary/aromatic N) is 12. The van der Waals surface area contributed by atoms with E-state index in [0.717, 1.165) is 11.1 Å². The highest BCUT2D eigenvalue weighted by atomic mass is 16.7. The summed E-state index contributed by atoms with van der Waals surface area (Å²) in [6.45, 7) is 5.11. The number of ether oxygens (including phenoxy) is 6. The van der Waals surface area contributed by atoms with Gasteiger partial charge in [0.15, 0.2) is 6.29 Å². The molecule has 1 saturated carbocycles. The van der Waals surface area contributed by atoms with Crippen LogP contribution in [0.4, 0.5) is 4.79 Å². The number of carbonyl (C=O) groups is 1. The van der Waals surface area contributed by atoms with E-state index in [0.29, 0.717) is 0 Å². The number of nitrogens with one attached hydrogen (secondary N) is 1. The maximum Gasteiger partial charge on any atom is 0.407 e. The van der Waals surface area contributed by atoms with Crippen molar-refractivity contribution in [1.29, 1.82) is 0 Å². The van der Waals surface area contributed by atoms with Crippen LogP contribution in [0.15, 0.2) is 81.1 Å². The number of hydrogen-bond donors (Lipinski definition) is 2. The summed E-state index contributed by atoms with van der Waals surface area (Å²) < 4.78 is 37.0. The Morgan fingerprint density at radius 1 is 0.836 bits per heavy atom. The van der Waals surface area contributed by atoms with Crippen molar-refractivity contribution in [1.82, 2.24) is 5.32 Å². The van der Waals surface area contributed by atoms with Gasteiger partial charge in [0.2, 0.25) is 0 Å². The van der Waals surface area contributed by atoms with Crippen LogP contribution in [0.1, 0.15) is 44.7 Å². The van der Waals surface area contributed by atoms with Gasteiger partial charge in [0.05, 0.1) is 44.1 Å². The standard InChI is InChI=1S/C34H45N13O8/c1-34(2,3)55-33(49)41-23-17-24(42-46-37)29(27(48)28(23)50-16-10-15-39-44-35)54-32-26(43-47-38)31(52-20-22-13-8-5-9-14-22)30(25(53-32)18-40-45-36)51-19-21-11-6-4-7-12-21/h4-9,11-14,23-32,48H,10,15-20H2,1-3H3,(H,41,49)/t23-,24?,25?,26?,27-,28?,29?,30+,31-,32+/m1/s1. The fraction of sp³-hybridized carbons (Fsp3) is 0.618. The highest BCUT2D eigenvalue weighted by Gasteiger charge is 2.52. The van der Waals surface area contributed by atoms with Crippen molar-refractivity contribution >= 4 is 6.09 Å². The molecule has 2 aromatic carbocycles. The van der Waals surface area contributed by atoms with Crippen molar-refractivity contribution in [3.63, 3.8) is 0 Å². The Morgan fingerprint density at radius 2 is 1.45 bits per heavy atom. The Labute approximate surface area is 316 Å². The molecule has 0 spiro atoms. The van der Waals surface area contributed by atoms with E-state index >= 15 is 0 Å². The van der Waals surface area contributed by atoms with Crippen LogP contribution in [0.3, 0.4) is 0 Å². The molecule has 1 saturated heterocycles. The van der Waals surface area contributed by atoms with Gasteiger partial charge in [0, 0.05) is 32.8 Å². The highest BCUT2D eigenvalue weighted by Crippen LogP contribution is 2.35. The zero-order valence-corrected chi connectivity index (χ0v) is 30.7. The molecule has 0 radical (unpaired) electrons. The smallest absolute Gasteiger partial charge is 0.407 e. The first-order chi connectivity index (χ1) is 26.6. The van der Waals surface area contributed by atoms with Gasteiger partial charge in [0.1, 0.15) is 36.1 Å². The Kier molecular flexibility index (Phi) is 16.6. The number of aliphatic hydroxyl groups excluding tert-OH is 1. The second-order valence-corrected chi connectivity index (χ2v) is 13.7. The third-order valence-electron chi connectivity index (χ3n) is 8.61. The van der Waals surface area contributed by atoms with Crippen molar-refractivity contribution in [2.75, 3.05) is 19.7 Å². The molecule has 2 aromatic rings. The first-order valence-corrected chi connectivity index (χ1v) is 17.6. The van der Waals surface area contributed by atoms with Crippen molar-refractivity contribution in [2.24, 2.45) is 20.5 Å². The number of carbonyl (C=O) groups excluding carboxylic acids is 1. The van der Waals surface area contributed by atoms with Crippen LogP contribution >= 0.6 is 0 Å². The van der Waals surface area contributed by atoms with Crippen LogP contribution in [-0.2, 0) is 41.6 Å². The van der Waals surface area contributed by atoms with Gasteiger partial charge in [-0.25, -0.2) is 4.79 Å². The number of azide groups is 4. The lowest BCUT2D eigenvalue weighted by atomic mass is 9.83. The largest absolute Gasteiger partial charge is 0.444 e. The third kappa shape index (κ3) is 12.9. The second-order valence-electron chi connectivity index (χ2n) is 13.7. The number of hydrogen-bond acceptors (Lipinski definition) is 12. The molecule has 4 rings (SSSR count). The van der Waals surface area contributed by atoms with Crippen LogP contribution in [0.25, 0.3) is 41.8 Å². The summed E-state index contributed by atoms with van der Waals surface area (Å²) >= 11 is 0. The molecule has 2 fully saturated rings. The predicted octanol–water partition coefficient (Wildman–Crippen LogP) is 6.68. The van der Waals surface area contributed by atoms with Crippen LogP contribution in [0.5, 0.6) is 0 Å². The molecule has 2 aliphatic rings. The lowest BCUT2D eigenvalue weighted by molar-refractivity contribution is -0.301. The summed E-state index contributed by atoms with van der Waals surface area (Å²) in [5.41, 5.74) is 38.1. The lowest BCUT2D eigenvalue weighted by Gasteiger charge is -2.48. The molecule has 1 heterocycles. The van der Waals surface area contributed by atoms with Gasteiger partial charge in [-0.1, -0.05) is 81.1 Å². The van der Waals surface area contributed by atoms with E-state index in [4.69, 9.17) is 34.0 Å². The van der Waals surface area contributed by atoms with Gasteiger partial charge in [-0.05, 0) is 66.9 Å². The Morgan fingerprint density at radius 3 is 2.04 bits per heavy atom. The van der Waals surface area contributed by atoms with Gasteiger partial charge in [-0.3, -0.25) is 0 Å². The van der Waals surface area contributed by atoms with Gasteiger partial charge in [-0.15, -0.1) is 0 Å². The molecule has 10 atom stereocenters. The number of rotatable bonds is 18. The van der Waals surface area contributed by atoms with Gasteiger partial charge >= 0.3 is 6.09 Å². The van der Waals surface area contributed by atoms with Crippen molar-refractivity contribution in [3.8, 4) is 0 Å².